The number of fused-ring (bicyclic) bond motifs is 1. The molecule has 0 amide bonds. The summed E-state index contributed by atoms with van der Waals surface area (Å²) in [4.78, 5) is 12.6. The summed E-state index contributed by atoms with van der Waals surface area (Å²) in [5, 5.41) is 0. The van der Waals surface area contributed by atoms with E-state index in [1.165, 1.54) is 55.2 Å². The Hall–Kier alpha value is -2.15. The van der Waals surface area contributed by atoms with Crippen LogP contribution in [0.5, 0.6) is 0 Å². The van der Waals surface area contributed by atoms with Gasteiger partial charge in [-0.3, -0.25) is 4.79 Å². The van der Waals surface area contributed by atoms with Gasteiger partial charge < -0.3 is 0 Å². The lowest BCUT2D eigenvalue weighted by molar-refractivity contribution is 0.0957. The van der Waals surface area contributed by atoms with E-state index >= 15 is 0 Å². The van der Waals surface area contributed by atoms with Gasteiger partial charge in [-0.2, -0.15) is 0 Å². The molecule has 0 unspecified atom stereocenters. The first-order valence-electron chi connectivity index (χ1n) is 11.1. The maximum absolute atomic E-state index is 12.6. The van der Waals surface area contributed by atoms with Crippen LogP contribution in [0.25, 0.3) is 6.08 Å². The Morgan fingerprint density at radius 3 is 2.57 bits per heavy atom. The van der Waals surface area contributed by atoms with Gasteiger partial charge in [-0.15, -0.1) is 0 Å². The summed E-state index contributed by atoms with van der Waals surface area (Å²) >= 11 is 0. The number of carbonyl (C=O) groups is 1. The third kappa shape index (κ3) is 5.67. The standard InChI is InChI=1S/C27H34O/c1-3-5-6-7-8-9-22-12-16-26-19-23(13-17-25(26)18-22)20-27(28)24-14-10-21(4-2)11-15-24/h4,10-12,14-16,18,23H,2-3,5-9,13,17,19-20H2,1H3/t23-/m0/s1. The number of Topliss-reactive ketones (excluding diaryl/α,β-unsaturated/α-hetero) is 1. The van der Waals surface area contributed by atoms with E-state index < -0.39 is 0 Å². The van der Waals surface area contributed by atoms with Crippen molar-refractivity contribution in [3.63, 3.8) is 0 Å². The van der Waals surface area contributed by atoms with Gasteiger partial charge in [0, 0.05) is 12.0 Å². The molecule has 0 heterocycles. The van der Waals surface area contributed by atoms with Gasteiger partial charge in [-0.05, 0) is 60.3 Å². The zero-order chi connectivity index (χ0) is 19.8. The lowest BCUT2D eigenvalue weighted by Gasteiger charge is -2.25. The molecule has 1 aliphatic rings. The quantitative estimate of drug-likeness (QED) is 0.317. The molecule has 1 aliphatic carbocycles. The van der Waals surface area contributed by atoms with E-state index in [1.54, 1.807) is 0 Å². The molecule has 1 heteroatoms. The van der Waals surface area contributed by atoms with E-state index in [-0.39, 0.29) is 5.78 Å². The minimum absolute atomic E-state index is 0.271. The number of ketones is 1. The lowest BCUT2D eigenvalue weighted by atomic mass is 9.80. The summed E-state index contributed by atoms with van der Waals surface area (Å²) in [5.74, 6) is 0.742. The number of hydrogen-bond donors (Lipinski definition) is 0. The summed E-state index contributed by atoms with van der Waals surface area (Å²) in [6, 6.07) is 14.9. The van der Waals surface area contributed by atoms with Gasteiger partial charge >= 0.3 is 0 Å². The Morgan fingerprint density at radius 2 is 1.82 bits per heavy atom. The first kappa shape index (κ1) is 20.6. The molecule has 0 aliphatic heterocycles. The molecule has 0 N–H and O–H groups in total. The van der Waals surface area contributed by atoms with Crippen molar-refractivity contribution in [1.82, 2.24) is 0 Å². The van der Waals surface area contributed by atoms with Gasteiger partial charge in [0.05, 0.1) is 0 Å². The molecule has 0 aromatic heterocycles. The summed E-state index contributed by atoms with van der Waals surface area (Å²) in [6.07, 6.45) is 13.7. The molecular formula is C27H34O. The van der Waals surface area contributed by atoms with Crippen LogP contribution in [0.2, 0.25) is 0 Å². The summed E-state index contributed by atoms with van der Waals surface area (Å²) in [6.45, 7) is 6.04. The van der Waals surface area contributed by atoms with Gasteiger partial charge in [-0.1, -0.05) is 87.7 Å². The summed E-state index contributed by atoms with van der Waals surface area (Å²) in [5.41, 5.74) is 6.36. The monoisotopic (exact) mass is 374 g/mol. The highest BCUT2D eigenvalue weighted by atomic mass is 16.1. The minimum atomic E-state index is 0.271. The second kappa shape index (κ2) is 10.4. The average molecular weight is 375 g/mol. The molecule has 1 atom stereocenters. The number of unbranched alkanes of at least 4 members (excludes halogenated alkanes) is 4. The molecule has 0 spiro atoms. The SMILES string of the molecule is C=Cc1ccc(C(=O)C[C@H]2CCc3cc(CCCCCCC)ccc3C2)cc1. The Kier molecular flexibility index (Phi) is 7.65. The second-order valence-corrected chi connectivity index (χ2v) is 8.33. The zero-order valence-corrected chi connectivity index (χ0v) is 17.4. The molecule has 0 bridgehead atoms. The molecule has 2 aromatic rings. The minimum Gasteiger partial charge on any atom is -0.294 e. The van der Waals surface area contributed by atoms with E-state index in [2.05, 4.69) is 31.7 Å². The number of hydrogen-bond acceptors (Lipinski definition) is 1. The highest BCUT2D eigenvalue weighted by Gasteiger charge is 2.22. The van der Waals surface area contributed by atoms with Crippen LogP contribution in [0.15, 0.2) is 49.0 Å². The van der Waals surface area contributed by atoms with Gasteiger partial charge in [0.1, 0.15) is 0 Å². The lowest BCUT2D eigenvalue weighted by Crippen LogP contribution is -2.18. The maximum atomic E-state index is 12.6. The summed E-state index contributed by atoms with van der Waals surface area (Å²) in [7, 11) is 0. The number of carbonyl (C=O) groups excluding carboxylic acids is 1. The smallest absolute Gasteiger partial charge is 0.163 e. The van der Waals surface area contributed by atoms with Crippen LogP contribution in [-0.2, 0) is 19.3 Å². The fourth-order valence-corrected chi connectivity index (χ4v) is 4.33. The van der Waals surface area contributed by atoms with Crippen molar-refractivity contribution in [2.75, 3.05) is 0 Å². The van der Waals surface area contributed by atoms with Crippen LogP contribution in [0.4, 0.5) is 0 Å². The normalized spacial score (nSPS) is 15.8. The molecular weight excluding hydrogens is 340 g/mol. The molecule has 148 valence electrons. The fourth-order valence-electron chi connectivity index (χ4n) is 4.33. The third-order valence-electron chi connectivity index (χ3n) is 6.11. The highest BCUT2D eigenvalue weighted by molar-refractivity contribution is 5.96. The average Bonchev–Trinajstić information content (AvgIpc) is 2.73. The van der Waals surface area contributed by atoms with Gasteiger partial charge in [0.2, 0.25) is 0 Å². The van der Waals surface area contributed by atoms with Crippen molar-refractivity contribution >= 4 is 11.9 Å². The first-order chi connectivity index (χ1) is 13.7. The van der Waals surface area contributed by atoms with E-state index in [0.717, 1.165) is 30.4 Å². The number of benzene rings is 2. The van der Waals surface area contributed by atoms with E-state index in [9.17, 15) is 4.79 Å². The van der Waals surface area contributed by atoms with Crippen LogP contribution < -0.4 is 0 Å². The third-order valence-corrected chi connectivity index (χ3v) is 6.11. The molecule has 0 radical (unpaired) electrons. The van der Waals surface area contributed by atoms with Crippen molar-refractivity contribution < 1.29 is 4.79 Å². The van der Waals surface area contributed by atoms with Gasteiger partial charge in [0.15, 0.2) is 5.78 Å². The Bertz CT molecular complexity index is 784. The van der Waals surface area contributed by atoms with Crippen LogP contribution >= 0.6 is 0 Å². The van der Waals surface area contributed by atoms with Crippen LogP contribution in [-0.4, -0.2) is 5.78 Å². The highest BCUT2D eigenvalue weighted by Crippen LogP contribution is 2.30. The Balaban J connectivity index is 1.52. The van der Waals surface area contributed by atoms with Crippen LogP contribution in [0.3, 0.4) is 0 Å². The second-order valence-electron chi connectivity index (χ2n) is 8.33. The first-order valence-corrected chi connectivity index (χ1v) is 11.1. The molecule has 3 rings (SSSR count). The Labute approximate surface area is 170 Å². The van der Waals surface area contributed by atoms with E-state index in [1.807, 2.05) is 30.3 Å². The van der Waals surface area contributed by atoms with Crippen LogP contribution in [0, 0.1) is 5.92 Å². The predicted molar refractivity (Wildman–Crippen MR) is 120 cm³/mol. The van der Waals surface area contributed by atoms with Crippen molar-refractivity contribution in [2.45, 2.75) is 71.1 Å². The van der Waals surface area contributed by atoms with E-state index in [0.29, 0.717) is 12.3 Å². The zero-order valence-electron chi connectivity index (χ0n) is 17.4. The van der Waals surface area contributed by atoms with Crippen molar-refractivity contribution in [3.8, 4) is 0 Å². The van der Waals surface area contributed by atoms with Crippen molar-refractivity contribution in [3.05, 3.63) is 76.9 Å². The fraction of sp³-hybridized carbons (Fsp3) is 0.444. The largest absolute Gasteiger partial charge is 0.294 e. The van der Waals surface area contributed by atoms with Gasteiger partial charge in [0.25, 0.3) is 0 Å². The number of aryl methyl sites for hydroxylation is 2. The van der Waals surface area contributed by atoms with Crippen molar-refractivity contribution in [2.24, 2.45) is 5.92 Å². The Morgan fingerprint density at radius 1 is 1.04 bits per heavy atom. The summed E-state index contributed by atoms with van der Waals surface area (Å²) < 4.78 is 0. The molecule has 28 heavy (non-hydrogen) atoms. The van der Waals surface area contributed by atoms with Crippen molar-refractivity contribution in [1.29, 1.82) is 0 Å². The topological polar surface area (TPSA) is 17.1 Å². The van der Waals surface area contributed by atoms with Gasteiger partial charge in [-0.25, -0.2) is 0 Å². The molecule has 0 fully saturated rings. The molecule has 2 aromatic carbocycles. The molecule has 0 saturated carbocycles. The molecule has 1 nitrogen and oxygen atoms in total. The van der Waals surface area contributed by atoms with Crippen LogP contribution in [0.1, 0.15) is 84.5 Å². The maximum Gasteiger partial charge on any atom is 0.163 e. The predicted octanol–water partition coefficient (Wildman–Crippen LogP) is 7.22. The van der Waals surface area contributed by atoms with E-state index in [4.69, 9.17) is 0 Å². The number of rotatable bonds is 10. The molecule has 0 saturated heterocycles.